The number of benzene rings is 1. The molecule has 1 amide bonds. The Bertz CT molecular complexity index is 677. The fourth-order valence-electron chi connectivity index (χ4n) is 2.98. The molecule has 1 aliphatic heterocycles. The maximum Gasteiger partial charge on any atom is 0.328 e. The largest absolute Gasteiger partial charge is 0.467 e. The molecule has 5 heteroatoms. The van der Waals surface area contributed by atoms with Gasteiger partial charge >= 0.3 is 5.97 Å². The molecule has 5 nitrogen and oxygen atoms in total. The molecule has 110 valence electrons. The Labute approximate surface area is 122 Å². The summed E-state index contributed by atoms with van der Waals surface area (Å²) in [5, 5.41) is 0.886. The number of carbonyl (C=O) groups is 2. The Morgan fingerprint density at radius 2 is 2.14 bits per heavy atom. The molecule has 2 aromatic rings. The molecule has 1 aliphatic rings. The second kappa shape index (κ2) is 5.60. The molecule has 1 aromatic heterocycles. The van der Waals surface area contributed by atoms with E-state index >= 15 is 0 Å². The van der Waals surface area contributed by atoms with Crippen molar-refractivity contribution in [3.05, 3.63) is 36.0 Å². The lowest BCUT2D eigenvalue weighted by Crippen LogP contribution is -2.48. The predicted octanol–water partition coefficient (Wildman–Crippen LogP) is 2.34. The normalized spacial score (nSPS) is 18.7. The molecule has 3 rings (SSSR count). The fraction of sp³-hybridized carbons (Fsp3) is 0.375. The number of H-pyrrole nitrogens is 1. The number of nitrogens with one attached hydrogen (secondary N) is 1. The van der Waals surface area contributed by atoms with Gasteiger partial charge in [-0.3, -0.25) is 4.79 Å². The minimum atomic E-state index is -0.467. The molecule has 0 spiro atoms. The minimum absolute atomic E-state index is 0.102. The molecular formula is C16H18N2O3. The number of amides is 1. The molecule has 1 aromatic carbocycles. The molecule has 1 N–H and O–H groups in total. The van der Waals surface area contributed by atoms with E-state index in [2.05, 4.69) is 4.98 Å². The van der Waals surface area contributed by atoms with Crippen LogP contribution in [-0.2, 0) is 9.53 Å². The molecule has 2 heterocycles. The van der Waals surface area contributed by atoms with Crippen molar-refractivity contribution >= 4 is 22.8 Å². The number of aromatic amines is 1. The third kappa shape index (κ3) is 2.39. The third-order valence-electron chi connectivity index (χ3n) is 4.06. The number of aromatic nitrogens is 1. The summed E-state index contributed by atoms with van der Waals surface area (Å²) < 4.78 is 4.84. The number of likely N-dealkylation sites (tertiary alicyclic amines) is 1. The highest BCUT2D eigenvalue weighted by molar-refractivity contribution is 6.07. The second-order valence-electron chi connectivity index (χ2n) is 5.28. The van der Waals surface area contributed by atoms with Crippen molar-refractivity contribution < 1.29 is 14.3 Å². The summed E-state index contributed by atoms with van der Waals surface area (Å²) >= 11 is 0. The van der Waals surface area contributed by atoms with Crippen molar-refractivity contribution in [1.82, 2.24) is 9.88 Å². The summed E-state index contributed by atoms with van der Waals surface area (Å²) in [6.45, 7) is 0.597. The lowest BCUT2D eigenvalue weighted by Gasteiger charge is -2.34. The molecule has 0 bridgehead atoms. The lowest BCUT2D eigenvalue weighted by molar-refractivity contribution is -0.147. The zero-order valence-corrected chi connectivity index (χ0v) is 12.0. The number of nitrogens with zero attached hydrogens (tertiary/aromatic N) is 1. The zero-order chi connectivity index (χ0) is 14.8. The molecule has 1 fully saturated rings. The molecule has 0 radical (unpaired) electrons. The van der Waals surface area contributed by atoms with Gasteiger partial charge in [0.05, 0.1) is 7.11 Å². The van der Waals surface area contributed by atoms with Crippen LogP contribution in [0.2, 0.25) is 0 Å². The summed E-state index contributed by atoms with van der Waals surface area (Å²) in [6, 6.07) is 7.01. The number of hydrogen-bond acceptors (Lipinski definition) is 3. The summed E-state index contributed by atoms with van der Waals surface area (Å²) in [6.07, 6.45) is 4.34. The van der Waals surface area contributed by atoms with Gasteiger partial charge in [-0.25, -0.2) is 4.79 Å². The highest BCUT2D eigenvalue weighted by atomic mass is 16.5. The van der Waals surface area contributed by atoms with Crippen molar-refractivity contribution in [3.8, 4) is 0 Å². The van der Waals surface area contributed by atoms with Crippen LogP contribution in [0.25, 0.3) is 10.9 Å². The molecule has 0 aliphatic carbocycles. The highest BCUT2D eigenvalue weighted by Gasteiger charge is 2.33. The summed E-state index contributed by atoms with van der Waals surface area (Å²) in [7, 11) is 1.37. The number of fused-ring (bicyclic) bond motifs is 1. The van der Waals surface area contributed by atoms with Crippen LogP contribution in [0.15, 0.2) is 30.5 Å². The van der Waals surface area contributed by atoms with Gasteiger partial charge in [0.25, 0.3) is 5.91 Å². The maximum atomic E-state index is 12.8. The Kier molecular flexibility index (Phi) is 3.64. The van der Waals surface area contributed by atoms with E-state index in [0.717, 1.165) is 23.7 Å². The van der Waals surface area contributed by atoms with Crippen LogP contribution in [0.5, 0.6) is 0 Å². The van der Waals surface area contributed by atoms with E-state index in [1.165, 1.54) is 7.11 Å². The monoisotopic (exact) mass is 286 g/mol. The first-order valence-electron chi connectivity index (χ1n) is 7.17. The quantitative estimate of drug-likeness (QED) is 0.862. The van der Waals surface area contributed by atoms with E-state index in [9.17, 15) is 9.59 Å². The van der Waals surface area contributed by atoms with E-state index in [0.29, 0.717) is 18.5 Å². The number of methoxy groups -OCH3 is 1. The maximum absolute atomic E-state index is 12.8. The predicted molar refractivity (Wildman–Crippen MR) is 79.0 cm³/mol. The zero-order valence-electron chi connectivity index (χ0n) is 12.0. The van der Waals surface area contributed by atoms with Gasteiger partial charge in [-0.2, -0.15) is 0 Å². The number of rotatable bonds is 2. The van der Waals surface area contributed by atoms with Crippen LogP contribution in [-0.4, -0.2) is 41.5 Å². The van der Waals surface area contributed by atoms with E-state index in [-0.39, 0.29) is 11.9 Å². The van der Waals surface area contributed by atoms with Crippen LogP contribution in [0.1, 0.15) is 29.6 Å². The number of ether oxygens (including phenoxy) is 1. The fourth-order valence-corrected chi connectivity index (χ4v) is 2.98. The van der Waals surface area contributed by atoms with Gasteiger partial charge in [0.2, 0.25) is 0 Å². The van der Waals surface area contributed by atoms with Crippen LogP contribution in [0.4, 0.5) is 0 Å². The van der Waals surface area contributed by atoms with Crippen molar-refractivity contribution in [2.24, 2.45) is 0 Å². The SMILES string of the molecule is COC(=O)[C@H]1CCCCN1C(=O)c1cccc2[nH]ccc12. The van der Waals surface area contributed by atoms with Gasteiger partial charge in [0, 0.05) is 29.2 Å². The van der Waals surface area contributed by atoms with Crippen LogP contribution in [0.3, 0.4) is 0 Å². The van der Waals surface area contributed by atoms with Gasteiger partial charge < -0.3 is 14.6 Å². The second-order valence-corrected chi connectivity index (χ2v) is 5.28. The Hall–Kier alpha value is -2.30. The molecule has 0 saturated carbocycles. The van der Waals surface area contributed by atoms with Gasteiger partial charge in [-0.15, -0.1) is 0 Å². The highest BCUT2D eigenvalue weighted by Crippen LogP contribution is 2.24. The Morgan fingerprint density at radius 1 is 1.29 bits per heavy atom. The van der Waals surface area contributed by atoms with E-state index in [1.54, 1.807) is 11.0 Å². The number of piperidine rings is 1. The molecule has 1 atom stereocenters. The number of esters is 1. The van der Waals surface area contributed by atoms with Crippen molar-refractivity contribution in [2.45, 2.75) is 25.3 Å². The van der Waals surface area contributed by atoms with Crippen LogP contribution < -0.4 is 0 Å². The topological polar surface area (TPSA) is 62.4 Å². The van der Waals surface area contributed by atoms with E-state index in [1.807, 2.05) is 24.4 Å². The molecular weight excluding hydrogens is 268 g/mol. The van der Waals surface area contributed by atoms with Gasteiger partial charge in [-0.1, -0.05) is 6.07 Å². The van der Waals surface area contributed by atoms with Crippen molar-refractivity contribution in [2.75, 3.05) is 13.7 Å². The lowest BCUT2D eigenvalue weighted by atomic mass is 10.00. The standard InChI is InChI=1S/C16H18N2O3/c1-21-16(20)14-7-2-3-10-18(14)15(19)12-5-4-6-13-11(12)8-9-17-13/h4-6,8-9,14,17H,2-3,7,10H2,1H3/t14-/m1/s1. The van der Waals surface area contributed by atoms with E-state index in [4.69, 9.17) is 4.74 Å². The van der Waals surface area contributed by atoms with Crippen LogP contribution in [0, 0.1) is 0 Å². The Morgan fingerprint density at radius 3 is 2.95 bits per heavy atom. The van der Waals surface area contributed by atoms with Gasteiger partial charge in [0.1, 0.15) is 6.04 Å². The van der Waals surface area contributed by atoms with Crippen molar-refractivity contribution in [3.63, 3.8) is 0 Å². The first kappa shape index (κ1) is 13.7. The first-order chi connectivity index (χ1) is 10.2. The van der Waals surface area contributed by atoms with E-state index < -0.39 is 6.04 Å². The summed E-state index contributed by atoms with van der Waals surface area (Å²) in [5.41, 5.74) is 1.55. The average Bonchev–Trinajstić information content (AvgIpc) is 3.02. The molecule has 1 saturated heterocycles. The first-order valence-corrected chi connectivity index (χ1v) is 7.17. The van der Waals surface area contributed by atoms with Crippen molar-refractivity contribution in [1.29, 1.82) is 0 Å². The third-order valence-corrected chi connectivity index (χ3v) is 4.06. The summed E-state index contributed by atoms with van der Waals surface area (Å²) in [4.78, 5) is 29.5. The van der Waals surface area contributed by atoms with Gasteiger partial charge in [0.15, 0.2) is 0 Å². The van der Waals surface area contributed by atoms with Crippen LogP contribution >= 0.6 is 0 Å². The smallest absolute Gasteiger partial charge is 0.328 e. The number of hydrogen-bond donors (Lipinski definition) is 1. The molecule has 21 heavy (non-hydrogen) atoms. The Balaban J connectivity index is 1.96. The molecule has 0 unspecified atom stereocenters. The summed E-state index contributed by atoms with van der Waals surface area (Å²) in [5.74, 6) is -0.431. The van der Waals surface area contributed by atoms with Gasteiger partial charge in [-0.05, 0) is 37.5 Å². The minimum Gasteiger partial charge on any atom is -0.467 e. The number of carbonyl (C=O) groups excluding carboxylic acids is 2. The average molecular weight is 286 g/mol.